The second-order valence-corrected chi connectivity index (χ2v) is 6.86. The Balaban J connectivity index is 0.00000312. The van der Waals surface area contributed by atoms with Crippen molar-refractivity contribution in [2.75, 3.05) is 40.4 Å². The van der Waals surface area contributed by atoms with Crippen LogP contribution in [0, 0.1) is 5.92 Å². The van der Waals surface area contributed by atoms with Crippen molar-refractivity contribution in [1.29, 1.82) is 0 Å². The summed E-state index contributed by atoms with van der Waals surface area (Å²) in [5, 5.41) is 3.62. The third kappa shape index (κ3) is 5.84. The number of nitrogens with one attached hydrogen (secondary N) is 1. The number of guanidine groups is 1. The summed E-state index contributed by atoms with van der Waals surface area (Å²) in [6, 6.07) is 10.9. The summed E-state index contributed by atoms with van der Waals surface area (Å²) < 4.78 is 5.49. The molecule has 1 aliphatic rings. The third-order valence-electron chi connectivity index (χ3n) is 5.45. The second kappa shape index (κ2) is 11.0. The van der Waals surface area contributed by atoms with E-state index in [1.807, 2.05) is 7.05 Å². The van der Waals surface area contributed by atoms with Crippen LogP contribution in [0.15, 0.2) is 35.3 Å². The van der Waals surface area contributed by atoms with Gasteiger partial charge in [0.05, 0.1) is 6.61 Å². The number of ether oxygens (including phenoxy) is 1. The van der Waals surface area contributed by atoms with Crippen LogP contribution in [-0.2, 0) is 10.2 Å². The summed E-state index contributed by atoms with van der Waals surface area (Å²) >= 11 is 0. The Morgan fingerprint density at radius 2 is 1.96 bits per heavy atom. The number of halogens is 1. The summed E-state index contributed by atoms with van der Waals surface area (Å²) in [7, 11) is 3.99. The highest BCUT2D eigenvalue weighted by Crippen LogP contribution is 2.30. The van der Waals surface area contributed by atoms with Crippen LogP contribution in [0.3, 0.4) is 0 Å². The van der Waals surface area contributed by atoms with Gasteiger partial charge in [-0.1, -0.05) is 44.2 Å². The highest BCUT2D eigenvalue weighted by Gasteiger charge is 2.29. The van der Waals surface area contributed by atoms with Crippen LogP contribution in [-0.4, -0.2) is 51.3 Å². The van der Waals surface area contributed by atoms with Crippen LogP contribution in [0.2, 0.25) is 0 Å². The quantitative estimate of drug-likeness (QED) is 0.382. The zero-order valence-electron chi connectivity index (χ0n) is 16.1. The van der Waals surface area contributed by atoms with Crippen molar-refractivity contribution < 1.29 is 4.74 Å². The van der Waals surface area contributed by atoms with Gasteiger partial charge in [-0.3, -0.25) is 4.99 Å². The topological polar surface area (TPSA) is 36.9 Å². The first-order valence-corrected chi connectivity index (χ1v) is 9.20. The molecule has 0 radical (unpaired) electrons. The van der Waals surface area contributed by atoms with Crippen LogP contribution in [0.5, 0.6) is 0 Å². The van der Waals surface area contributed by atoms with Crippen molar-refractivity contribution in [2.24, 2.45) is 10.9 Å². The van der Waals surface area contributed by atoms with Gasteiger partial charge in [0.25, 0.3) is 0 Å². The molecule has 0 spiro atoms. The van der Waals surface area contributed by atoms with E-state index in [2.05, 4.69) is 66.4 Å². The van der Waals surface area contributed by atoms with E-state index in [1.54, 1.807) is 0 Å². The van der Waals surface area contributed by atoms with E-state index in [0.29, 0.717) is 5.92 Å². The summed E-state index contributed by atoms with van der Waals surface area (Å²) in [5.74, 6) is 1.59. The first-order valence-electron chi connectivity index (χ1n) is 9.20. The molecule has 5 heteroatoms. The third-order valence-corrected chi connectivity index (χ3v) is 5.45. The normalized spacial score (nSPS) is 17.9. The van der Waals surface area contributed by atoms with E-state index < -0.39 is 0 Å². The first-order chi connectivity index (χ1) is 11.6. The molecular formula is C20H34IN3O. The van der Waals surface area contributed by atoms with Gasteiger partial charge in [0.1, 0.15) is 0 Å². The molecule has 1 fully saturated rings. The Bertz CT molecular complexity index is 511. The lowest BCUT2D eigenvalue weighted by Crippen LogP contribution is -2.47. The fourth-order valence-corrected chi connectivity index (χ4v) is 3.64. The van der Waals surface area contributed by atoms with Gasteiger partial charge in [-0.05, 0) is 24.8 Å². The predicted molar refractivity (Wildman–Crippen MR) is 117 cm³/mol. The number of hydrogen-bond donors (Lipinski definition) is 1. The second-order valence-electron chi connectivity index (χ2n) is 6.86. The molecule has 0 amide bonds. The Morgan fingerprint density at radius 1 is 1.28 bits per heavy atom. The molecule has 142 valence electrons. The summed E-state index contributed by atoms with van der Waals surface area (Å²) in [5.41, 5.74) is 1.55. The maximum Gasteiger partial charge on any atom is 0.193 e. The maximum absolute atomic E-state index is 5.49. The maximum atomic E-state index is 5.49. The fourth-order valence-electron chi connectivity index (χ4n) is 3.64. The fraction of sp³-hybridized carbons (Fsp3) is 0.650. The number of nitrogens with zero attached hydrogens (tertiary/aromatic N) is 2. The minimum Gasteiger partial charge on any atom is -0.381 e. The molecule has 1 aliphatic heterocycles. The Hall–Kier alpha value is -0.820. The van der Waals surface area contributed by atoms with Crippen molar-refractivity contribution in [3.8, 4) is 0 Å². The number of benzene rings is 1. The van der Waals surface area contributed by atoms with Crippen molar-refractivity contribution in [3.63, 3.8) is 0 Å². The number of aliphatic imine (C=N–C) groups is 1. The average Bonchev–Trinajstić information content (AvgIpc) is 3.13. The van der Waals surface area contributed by atoms with Crippen molar-refractivity contribution in [3.05, 3.63) is 35.9 Å². The molecule has 1 aromatic rings. The molecule has 1 aromatic carbocycles. The van der Waals surface area contributed by atoms with Gasteiger partial charge >= 0.3 is 0 Å². The predicted octanol–water partition coefficient (Wildman–Crippen LogP) is 3.91. The van der Waals surface area contributed by atoms with Crippen molar-refractivity contribution in [1.82, 2.24) is 10.2 Å². The van der Waals surface area contributed by atoms with E-state index in [4.69, 9.17) is 4.74 Å². The highest BCUT2D eigenvalue weighted by molar-refractivity contribution is 14.0. The number of rotatable bonds is 7. The minimum atomic E-state index is 0. The summed E-state index contributed by atoms with van der Waals surface area (Å²) in [6.07, 6.45) is 3.37. The lowest BCUT2D eigenvalue weighted by atomic mass is 9.76. The molecule has 4 nitrogen and oxygen atoms in total. The summed E-state index contributed by atoms with van der Waals surface area (Å²) in [4.78, 5) is 6.72. The molecule has 0 saturated carbocycles. The molecule has 0 bridgehead atoms. The van der Waals surface area contributed by atoms with Crippen molar-refractivity contribution >= 4 is 29.9 Å². The highest BCUT2D eigenvalue weighted by atomic mass is 127. The van der Waals surface area contributed by atoms with Crippen LogP contribution >= 0.6 is 24.0 Å². The van der Waals surface area contributed by atoms with E-state index in [0.717, 1.165) is 51.5 Å². The molecule has 0 aromatic heterocycles. The average molecular weight is 459 g/mol. The molecular weight excluding hydrogens is 425 g/mol. The first kappa shape index (κ1) is 22.2. The molecule has 1 saturated heterocycles. The smallest absolute Gasteiger partial charge is 0.193 e. The molecule has 1 N–H and O–H groups in total. The molecule has 2 rings (SSSR count). The van der Waals surface area contributed by atoms with Crippen LogP contribution in [0.25, 0.3) is 0 Å². The molecule has 1 unspecified atom stereocenters. The van der Waals surface area contributed by atoms with Gasteiger partial charge in [0, 0.05) is 45.1 Å². The van der Waals surface area contributed by atoms with Gasteiger partial charge in [-0.2, -0.15) is 0 Å². The lowest BCUT2D eigenvalue weighted by Gasteiger charge is -2.34. The molecule has 0 aliphatic carbocycles. The van der Waals surface area contributed by atoms with Crippen molar-refractivity contribution in [2.45, 2.75) is 38.5 Å². The SMILES string of the molecule is CCC(CC)(CNC(=NC)N(C)CC1CCOC1)c1ccccc1.I. The van der Waals surface area contributed by atoms with E-state index in [9.17, 15) is 0 Å². The molecule has 1 atom stereocenters. The number of hydrogen-bond acceptors (Lipinski definition) is 2. The summed E-state index contributed by atoms with van der Waals surface area (Å²) in [6.45, 7) is 8.23. The van der Waals surface area contributed by atoms with E-state index in [-0.39, 0.29) is 29.4 Å². The van der Waals surface area contributed by atoms with E-state index >= 15 is 0 Å². The van der Waals surface area contributed by atoms with Gasteiger partial charge in [0.2, 0.25) is 0 Å². The van der Waals surface area contributed by atoms with Gasteiger partial charge in [-0.15, -0.1) is 24.0 Å². The zero-order chi connectivity index (χ0) is 17.4. The zero-order valence-corrected chi connectivity index (χ0v) is 18.5. The standard InChI is InChI=1S/C20H33N3O.HI/c1-5-20(6-2,18-10-8-7-9-11-18)16-22-19(21-3)23(4)14-17-12-13-24-15-17;/h7-11,17H,5-6,12-16H2,1-4H3,(H,21,22);1H. The molecule has 1 heterocycles. The minimum absolute atomic E-state index is 0. The Morgan fingerprint density at radius 3 is 2.48 bits per heavy atom. The largest absolute Gasteiger partial charge is 0.381 e. The van der Waals surface area contributed by atoms with E-state index in [1.165, 1.54) is 5.56 Å². The molecule has 25 heavy (non-hydrogen) atoms. The van der Waals surface area contributed by atoms with Crippen LogP contribution in [0.1, 0.15) is 38.7 Å². The van der Waals surface area contributed by atoms with Crippen LogP contribution in [0.4, 0.5) is 0 Å². The van der Waals surface area contributed by atoms with Gasteiger partial charge < -0.3 is 15.0 Å². The lowest BCUT2D eigenvalue weighted by molar-refractivity contribution is 0.181. The van der Waals surface area contributed by atoms with Gasteiger partial charge in [-0.25, -0.2) is 0 Å². The van der Waals surface area contributed by atoms with Gasteiger partial charge in [0.15, 0.2) is 5.96 Å². The Kier molecular flexibility index (Phi) is 9.79. The Labute approximate surface area is 170 Å². The monoisotopic (exact) mass is 459 g/mol. The van der Waals surface area contributed by atoms with Crippen LogP contribution < -0.4 is 5.32 Å².